The Labute approximate surface area is 103 Å². The molecule has 0 aliphatic rings. The number of unbranched alkanes of at least 4 members (excludes halogenated alkanes) is 1. The summed E-state index contributed by atoms with van der Waals surface area (Å²) in [4.78, 5) is 26.2. The lowest BCUT2D eigenvalue weighted by Crippen LogP contribution is -2.38. The highest BCUT2D eigenvalue weighted by Crippen LogP contribution is 2.05. The fraction of sp³-hybridized carbons (Fsp3) is 0.692. The molecule has 0 aromatic heterocycles. The molecule has 17 heavy (non-hydrogen) atoms. The second-order valence-electron chi connectivity index (χ2n) is 4.38. The topological polar surface area (TPSA) is 40.6 Å². The van der Waals surface area contributed by atoms with Gasteiger partial charge in [-0.05, 0) is 32.5 Å². The van der Waals surface area contributed by atoms with E-state index in [0.717, 1.165) is 39.0 Å². The van der Waals surface area contributed by atoms with Crippen molar-refractivity contribution in [3.05, 3.63) is 26.5 Å². The number of hydrogen-bond donors (Lipinski definition) is 0. The van der Waals surface area contributed by atoms with Gasteiger partial charge in [0.25, 0.3) is 0 Å². The Morgan fingerprint density at radius 2 is 1.65 bits per heavy atom. The molecular weight excluding hydrogens is 216 g/mol. The highest BCUT2D eigenvalue weighted by Gasteiger charge is 2.13. The maximum Gasteiger partial charge on any atom is 0.249 e. The third kappa shape index (κ3) is 3.66. The van der Waals surface area contributed by atoms with Gasteiger partial charge in [0.05, 0.1) is 5.69 Å². The van der Waals surface area contributed by atoms with E-state index in [1.165, 1.54) is 6.07 Å². The summed E-state index contributed by atoms with van der Waals surface area (Å²) < 4.78 is 0. The van der Waals surface area contributed by atoms with Gasteiger partial charge in [0.1, 0.15) is 0 Å². The molecule has 0 N–H and O–H groups in total. The van der Waals surface area contributed by atoms with Crippen LogP contribution in [0.3, 0.4) is 0 Å². The van der Waals surface area contributed by atoms with Gasteiger partial charge in [-0.3, -0.25) is 9.59 Å². The first kappa shape index (κ1) is 13.9. The Morgan fingerprint density at radius 1 is 1.06 bits per heavy atom. The Morgan fingerprint density at radius 3 is 2.12 bits per heavy atom. The third-order valence-electron chi connectivity index (χ3n) is 3.25. The summed E-state index contributed by atoms with van der Waals surface area (Å²) in [6, 6.07) is 1.42. The van der Waals surface area contributed by atoms with E-state index in [1.54, 1.807) is 0 Å². The number of nitrogens with zero attached hydrogens (tertiary/aromatic N) is 2. The van der Waals surface area contributed by atoms with Gasteiger partial charge in [-0.1, -0.05) is 13.8 Å². The average molecular weight is 238 g/mol. The van der Waals surface area contributed by atoms with Crippen molar-refractivity contribution in [1.82, 2.24) is 4.90 Å². The molecule has 0 atom stereocenters. The summed E-state index contributed by atoms with van der Waals surface area (Å²) in [5.74, 6) is 0. The number of rotatable bonds is 8. The highest BCUT2D eigenvalue weighted by atomic mass is 16.2. The molecule has 0 heterocycles. The molecule has 96 valence electrons. The standard InChI is InChI=1S/C13H22N2O2/c1-4-15(5-2)9-7-6-8-14(3)11-10-12(16)13(11)17/h10H,4-9H2,1-3H3. The van der Waals surface area contributed by atoms with Crippen LogP contribution in [0.5, 0.6) is 0 Å². The molecule has 4 nitrogen and oxygen atoms in total. The smallest absolute Gasteiger partial charge is 0.249 e. The zero-order valence-corrected chi connectivity index (χ0v) is 11.0. The fourth-order valence-corrected chi connectivity index (χ4v) is 1.93. The van der Waals surface area contributed by atoms with Crippen LogP contribution in [0.2, 0.25) is 0 Å². The minimum absolute atomic E-state index is 0.337. The van der Waals surface area contributed by atoms with Gasteiger partial charge < -0.3 is 9.80 Å². The van der Waals surface area contributed by atoms with Crippen molar-refractivity contribution in [2.45, 2.75) is 26.7 Å². The number of hydrogen-bond acceptors (Lipinski definition) is 4. The van der Waals surface area contributed by atoms with Crippen LogP contribution in [0.15, 0.2) is 15.7 Å². The van der Waals surface area contributed by atoms with Crippen molar-refractivity contribution in [2.75, 3.05) is 38.1 Å². The van der Waals surface area contributed by atoms with Gasteiger partial charge in [-0.2, -0.15) is 0 Å². The summed E-state index contributed by atoms with van der Waals surface area (Å²) in [5.41, 5.74) is -0.135. The molecule has 0 aliphatic carbocycles. The zero-order chi connectivity index (χ0) is 12.8. The van der Waals surface area contributed by atoms with Crippen LogP contribution >= 0.6 is 0 Å². The van der Waals surface area contributed by atoms with Gasteiger partial charge in [0.2, 0.25) is 10.9 Å². The first-order chi connectivity index (χ1) is 8.10. The zero-order valence-electron chi connectivity index (χ0n) is 11.0. The molecule has 0 saturated carbocycles. The van der Waals surface area contributed by atoms with Crippen LogP contribution in [0.25, 0.3) is 0 Å². The summed E-state index contributed by atoms with van der Waals surface area (Å²) >= 11 is 0. The molecule has 0 bridgehead atoms. The van der Waals surface area contributed by atoms with Crippen LogP contribution < -0.4 is 15.8 Å². The van der Waals surface area contributed by atoms with Gasteiger partial charge >= 0.3 is 0 Å². The van der Waals surface area contributed by atoms with Gasteiger partial charge in [0.15, 0.2) is 0 Å². The average Bonchev–Trinajstić information content (AvgIpc) is 2.35. The van der Waals surface area contributed by atoms with E-state index in [-0.39, 0.29) is 10.9 Å². The molecule has 1 aromatic rings. The van der Waals surface area contributed by atoms with Crippen molar-refractivity contribution in [3.63, 3.8) is 0 Å². The van der Waals surface area contributed by atoms with Crippen molar-refractivity contribution >= 4 is 5.69 Å². The fourth-order valence-electron chi connectivity index (χ4n) is 1.93. The largest absolute Gasteiger partial charge is 0.371 e. The number of anilines is 1. The van der Waals surface area contributed by atoms with Crippen LogP contribution in [0, 0.1) is 0 Å². The summed E-state index contributed by atoms with van der Waals surface area (Å²) in [6.07, 6.45) is 2.17. The minimum Gasteiger partial charge on any atom is -0.371 e. The van der Waals surface area contributed by atoms with E-state index < -0.39 is 0 Å². The lowest BCUT2D eigenvalue weighted by atomic mass is 10.2. The second-order valence-corrected chi connectivity index (χ2v) is 4.38. The molecular formula is C13H22N2O2. The SMILES string of the molecule is CCN(CC)CCCCN(C)c1cc(=O)c1=O. The quantitative estimate of drug-likeness (QED) is 0.497. The molecule has 0 fully saturated rings. The molecule has 4 heteroatoms. The third-order valence-corrected chi connectivity index (χ3v) is 3.25. The first-order valence-electron chi connectivity index (χ1n) is 6.34. The Hall–Kier alpha value is -1.16. The Kier molecular flexibility index (Phi) is 5.35. The predicted molar refractivity (Wildman–Crippen MR) is 71.6 cm³/mol. The monoisotopic (exact) mass is 238 g/mol. The van der Waals surface area contributed by atoms with Crippen molar-refractivity contribution in [3.8, 4) is 0 Å². The van der Waals surface area contributed by atoms with E-state index in [0.29, 0.717) is 5.69 Å². The van der Waals surface area contributed by atoms with E-state index in [2.05, 4.69) is 18.7 Å². The van der Waals surface area contributed by atoms with Crippen LogP contribution in [-0.2, 0) is 0 Å². The molecule has 0 radical (unpaired) electrons. The maximum absolute atomic E-state index is 11.2. The second kappa shape index (κ2) is 6.55. The van der Waals surface area contributed by atoms with Gasteiger partial charge in [0, 0.05) is 19.7 Å². The molecule has 1 rings (SSSR count). The lowest BCUT2D eigenvalue weighted by molar-refractivity contribution is 0.297. The van der Waals surface area contributed by atoms with Crippen molar-refractivity contribution in [2.24, 2.45) is 0 Å². The van der Waals surface area contributed by atoms with Crippen molar-refractivity contribution in [1.29, 1.82) is 0 Å². The maximum atomic E-state index is 11.2. The van der Waals surface area contributed by atoms with Crippen LogP contribution in [0.4, 0.5) is 5.69 Å². The van der Waals surface area contributed by atoms with E-state index in [9.17, 15) is 9.59 Å². The van der Waals surface area contributed by atoms with Gasteiger partial charge in [-0.25, -0.2) is 0 Å². The summed E-state index contributed by atoms with van der Waals surface area (Å²) in [5, 5.41) is 0. The van der Waals surface area contributed by atoms with Crippen LogP contribution in [-0.4, -0.2) is 38.1 Å². The van der Waals surface area contributed by atoms with Crippen molar-refractivity contribution < 1.29 is 0 Å². The van der Waals surface area contributed by atoms with Crippen LogP contribution in [0.1, 0.15) is 26.7 Å². The first-order valence-corrected chi connectivity index (χ1v) is 6.34. The summed E-state index contributed by atoms with van der Waals surface area (Å²) in [7, 11) is 1.87. The molecule has 0 aliphatic heterocycles. The molecule has 0 saturated heterocycles. The lowest BCUT2D eigenvalue weighted by Gasteiger charge is -2.21. The van der Waals surface area contributed by atoms with E-state index in [1.807, 2.05) is 11.9 Å². The summed E-state index contributed by atoms with van der Waals surface area (Å²) in [6.45, 7) is 8.45. The Balaban J connectivity index is 2.22. The normalized spacial score (nSPS) is 11.3. The molecule has 1 aromatic carbocycles. The highest BCUT2D eigenvalue weighted by molar-refractivity contribution is 5.49. The molecule has 0 unspecified atom stereocenters. The Bertz CT molecular complexity index is 403. The molecule has 0 spiro atoms. The predicted octanol–water partition coefficient (Wildman–Crippen LogP) is 0.841. The minimum atomic E-state index is -0.366. The van der Waals surface area contributed by atoms with E-state index in [4.69, 9.17) is 0 Å². The van der Waals surface area contributed by atoms with E-state index >= 15 is 0 Å². The van der Waals surface area contributed by atoms with Gasteiger partial charge in [-0.15, -0.1) is 0 Å². The molecule has 0 amide bonds.